The maximum absolute atomic E-state index is 13.9. The van der Waals surface area contributed by atoms with E-state index in [0.29, 0.717) is 0 Å². The highest BCUT2D eigenvalue weighted by Gasteiger charge is 2.16. The van der Waals surface area contributed by atoms with Gasteiger partial charge >= 0.3 is 0 Å². The first-order valence-corrected chi connectivity index (χ1v) is 5.13. The molecule has 1 aromatic carbocycles. The van der Waals surface area contributed by atoms with Gasteiger partial charge in [0, 0.05) is 12.1 Å². The van der Waals surface area contributed by atoms with Crippen LogP contribution >= 0.6 is 0 Å². The van der Waals surface area contributed by atoms with Gasteiger partial charge in [-0.1, -0.05) is 0 Å². The highest BCUT2D eigenvalue weighted by molar-refractivity contribution is 5.59. The highest BCUT2D eigenvalue weighted by atomic mass is 19.1. The van der Waals surface area contributed by atoms with E-state index in [4.69, 9.17) is 21.0 Å². The van der Waals surface area contributed by atoms with Crippen molar-refractivity contribution in [2.24, 2.45) is 0 Å². The van der Waals surface area contributed by atoms with Crippen LogP contribution in [0.25, 0.3) is 5.69 Å². The van der Waals surface area contributed by atoms with Crippen LogP contribution in [0.1, 0.15) is 11.4 Å². The molecule has 0 aliphatic rings. The van der Waals surface area contributed by atoms with Gasteiger partial charge in [0.05, 0.1) is 18.5 Å². The molecule has 94 valence electrons. The lowest BCUT2D eigenvalue weighted by molar-refractivity contribution is 0.415. The minimum atomic E-state index is -0.642. The largest absolute Gasteiger partial charge is 0.495 e. The number of benzene rings is 1. The number of rotatable bonds is 2. The number of nitrogens with zero attached hydrogens (tertiary/aromatic N) is 4. The zero-order valence-corrected chi connectivity index (χ0v) is 9.88. The average Bonchev–Trinajstić information content (AvgIpc) is 2.81. The fourth-order valence-electron chi connectivity index (χ4n) is 1.64. The Labute approximate surface area is 108 Å². The second kappa shape index (κ2) is 4.67. The van der Waals surface area contributed by atoms with Gasteiger partial charge in [0.15, 0.2) is 11.4 Å². The van der Waals surface area contributed by atoms with E-state index in [0.717, 1.165) is 6.07 Å². The molecular formula is C12H8FN5O. The van der Waals surface area contributed by atoms with E-state index in [1.165, 1.54) is 24.1 Å². The van der Waals surface area contributed by atoms with Gasteiger partial charge in [0.1, 0.15) is 30.0 Å². The molecule has 0 amide bonds. The number of hydrogen-bond acceptors (Lipinski definition) is 5. The van der Waals surface area contributed by atoms with Crippen molar-refractivity contribution in [3.63, 3.8) is 0 Å². The smallest absolute Gasteiger partial charge is 0.177 e. The van der Waals surface area contributed by atoms with Crippen LogP contribution in [-0.2, 0) is 0 Å². The lowest BCUT2D eigenvalue weighted by atomic mass is 10.2. The van der Waals surface area contributed by atoms with Gasteiger partial charge in [-0.3, -0.25) is 4.57 Å². The highest BCUT2D eigenvalue weighted by Crippen LogP contribution is 2.28. The number of ether oxygens (including phenoxy) is 1. The van der Waals surface area contributed by atoms with Crippen molar-refractivity contribution >= 4 is 5.69 Å². The number of nitrogen functional groups attached to an aromatic ring is 1. The van der Waals surface area contributed by atoms with Crippen LogP contribution in [0.5, 0.6) is 5.75 Å². The Balaban J connectivity index is 2.70. The van der Waals surface area contributed by atoms with Crippen LogP contribution in [0.3, 0.4) is 0 Å². The van der Waals surface area contributed by atoms with E-state index in [2.05, 4.69) is 4.98 Å². The van der Waals surface area contributed by atoms with Crippen LogP contribution in [0.15, 0.2) is 18.5 Å². The van der Waals surface area contributed by atoms with Crippen LogP contribution in [0.2, 0.25) is 0 Å². The molecule has 0 atom stereocenters. The topological polar surface area (TPSA) is 101 Å². The number of aromatic nitrogens is 2. The Morgan fingerprint density at radius 3 is 2.68 bits per heavy atom. The zero-order valence-electron chi connectivity index (χ0n) is 9.88. The molecule has 0 aliphatic heterocycles. The third-order valence-electron chi connectivity index (χ3n) is 2.54. The summed E-state index contributed by atoms with van der Waals surface area (Å²) in [4.78, 5) is 3.74. The number of methoxy groups -OCH3 is 1. The molecule has 0 bridgehead atoms. The molecule has 0 fully saturated rings. The SMILES string of the molecule is COc1cc(-n2cnc(C#N)c2C#N)c(F)cc1N. The summed E-state index contributed by atoms with van der Waals surface area (Å²) in [7, 11) is 1.40. The van der Waals surface area contributed by atoms with Gasteiger partial charge in [-0.25, -0.2) is 9.37 Å². The minimum absolute atomic E-state index is 0.0385. The maximum Gasteiger partial charge on any atom is 0.177 e. The number of nitrogens with two attached hydrogens (primary N) is 1. The normalized spacial score (nSPS) is 9.68. The first-order valence-electron chi connectivity index (χ1n) is 5.13. The third kappa shape index (κ3) is 1.94. The third-order valence-corrected chi connectivity index (χ3v) is 2.54. The molecule has 2 N–H and O–H groups in total. The number of hydrogen-bond donors (Lipinski definition) is 1. The summed E-state index contributed by atoms with van der Waals surface area (Å²) in [5, 5.41) is 17.8. The van der Waals surface area contributed by atoms with Gasteiger partial charge in [-0.2, -0.15) is 10.5 Å². The van der Waals surface area contributed by atoms with Crippen LogP contribution in [-0.4, -0.2) is 16.7 Å². The second-order valence-electron chi connectivity index (χ2n) is 3.58. The van der Waals surface area contributed by atoms with Gasteiger partial charge < -0.3 is 10.5 Å². The predicted octanol–water partition coefficient (Wildman–Crippen LogP) is 1.35. The van der Waals surface area contributed by atoms with E-state index >= 15 is 0 Å². The number of anilines is 1. The van der Waals surface area contributed by atoms with Crippen LogP contribution in [0, 0.1) is 28.5 Å². The zero-order chi connectivity index (χ0) is 14.0. The lowest BCUT2D eigenvalue weighted by Gasteiger charge is -2.10. The summed E-state index contributed by atoms with van der Waals surface area (Å²) >= 11 is 0. The van der Waals surface area contributed by atoms with Crippen molar-refractivity contribution < 1.29 is 9.13 Å². The van der Waals surface area contributed by atoms with Crippen molar-refractivity contribution in [3.05, 3.63) is 35.7 Å². The number of imidazole rings is 1. The molecule has 1 heterocycles. The Morgan fingerprint density at radius 2 is 2.11 bits per heavy atom. The standard InChI is InChI=1S/C12H8FN5O/c1-19-12-3-10(7(13)2-8(12)16)18-6-17-9(4-14)11(18)5-15/h2-3,6H,16H2,1H3. The molecule has 2 aromatic rings. The van der Waals surface area contributed by atoms with Crippen LogP contribution in [0.4, 0.5) is 10.1 Å². The molecule has 0 saturated heterocycles. The van der Waals surface area contributed by atoms with Gasteiger partial charge in [0.25, 0.3) is 0 Å². The quantitative estimate of drug-likeness (QED) is 0.818. The Hall–Kier alpha value is -3.06. The van der Waals surface area contributed by atoms with E-state index in [1.807, 2.05) is 6.07 Å². The van der Waals surface area contributed by atoms with E-state index < -0.39 is 5.82 Å². The molecule has 7 heteroatoms. The maximum atomic E-state index is 13.9. The van der Waals surface area contributed by atoms with Crippen molar-refractivity contribution in [3.8, 4) is 23.6 Å². The number of halogens is 1. The molecular weight excluding hydrogens is 249 g/mol. The summed E-state index contributed by atoms with van der Waals surface area (Å²) in [6, 6.07) is 6.00. The average molecular weight is 257 g/mol. The summed E-state index contributed by atoms with van der Waals surface area (Å²) in [6.45, 7) is 0. The molecule has 1 aromatic heterocycles. The molecule has 2 rings (SSSR count). The van der Waals surface area contributed by atoms with Crippen LogP contribution < -0.4 is 10.5 Å². The first kappa shape index (κ1) is 12.4. The molecule has 6 nitrogen and oxygen atoms in total. The number of nitriles is 2. The fourth-order valence-corrected chi connectivity index (χ4v) is 1.64. The monoisotopic (exact) mass is 257 g/mol. The second-order valence-corrected chi connectivity index (χ2v) is 3.58. The van der Waals surface area contributed by atoms with Gasteiger partial charge in [0.2, 0.25) is 0 Å². The lowest BCUT2D eigenvalue weighted by Crippen LogP contribution is -2.03. The van der Waals surface area contributed by atoms with Gasteiger partial charge in [-0.15, -0.1) is 0 Å². The molecule has 0 saturated carbocycles. The molecule has 0 radical (unpaired) electrons. The molecule has 0 spiro atoms. The Bertz CT molecular complexity index is 723. The summed E-state index contributed by atoms with van der Waals surface area (Å²) in [5.41, 5.74) is 5.63. The summed E-state index contributed by atoms with van der Waals surface area (Å²) in [5.74, 6) is -0.371. The van der Waals surface area contributed by atoms with Crippen molar-refractivity contribution in [2.75, 3.05) is 12.8 Å². The molecule has 0 aliphatic carbocycles. The summed E-state index contributed by atoms with van der Waals surface area (Å²) < 4.78 is 20.1. The van der Waals surface area contributed by atoms with Crippen molar-refractivity contribution in [1.29, 1.82) is 10.5 Å². The minimum Gasteiger partial charge on any atom is -0.495 e. The van der Waals surface area contributed by atoms with E-state index in [1.54, 1.807) is 6.07 Å². The predicted molar refractivity (Wildman–Crippen MR) is 63.9 cm³/mol. The van der Waals surface area contributed by atoms with E-state index in [-0.39, 0.29) is 28.5 Å². The first-order chi connectivity index (χ1) is 9.12. The fraction of sp³-hybridized carbons (Fsp3) is 0.0833. The van der Waals surface area contributed by atoms with Crippen molar-refractivity contribution in [2.45, 2.75) is 0 Å². The van der Waals surface area contributed by atoms with Crippen molar-refractivity contribution in [1.82, 2.24) is 9.55 Å². The Kier molecular flexibility index (Phi) is 3.05. The Morgan fingerprint density at radius 1 is 1.37 bits per heavy atom. The van der Waals surface area contributed by atoms with E-state index in [9.17, 15) is 4.39 Å². The molecule has 19 heavy (non-hydrogen) atoms. The molecule has 0 unspecified atom stereocenters. The summed E-state index contributed by atoms with van der Waals surface area (Å²) in [6.07, 6.45) is 1.20. The van der Waals surface area contributed by atoms with Gasteiger partial charge in [-0.05, 0) is 0 Å².